The summed E-state index contributed by atoms with van der Waals surface area (Å²) in [6, 6.07) is 7.93. The molecule has 0 aliphatic rings. The number of rotatable bonds is 3. The minimum absolute atomic E-state index is 0.0343. The van der Waals surface area contributed by atoms with Crippen LogP contribution in [0.1, 0.15) is 5.56 Å². The summed E-state index contributed by atoms with van der Waals surface area (Å²) in [6.07, 6.45) is 0. The number of nitrogen functional groups attached to an aromatic ring is 1. The minimum atomic E-state index is -3.63. The van der Waals surface area contributed by atoms with Gasteiger partial charge >= 0.3 is 0 Å². The van der Waals surface area contributed by atoms with Crippen molar-refractivity contribution in [1.82, 2.24) is 0 Å². The lowest BCUT2D eigenvalue weighted by Gasteiger charge is -2.07. The molecule has 0 amide bonds. The first kappa shape index (κ1) is 15.1. The molecule has 7 heteroatoms. The standard InChI is InChI=1S/C13H10Cl2FNO2S/c14-10-3-1-8(5-12(10)16)7-20(18,19)9-2-4-13(17)11(15)6-9/h1-6H,7,17H2. The van der Waals surface area contributed by atoms with Gasteiger partial charge in [0.05, 0.1) is 26.4 Å². The van der Waals surface area contributed by atoms with Gasteiger partial charge in [0.2, 0.25) is 0 Å². The molecule has 0 aromatic heterocycles. The van der Waals surface area contributed by atoms with Crippen molar-refractivity contribution in [2.24, 2.45) is 0 Å². The van der Waals surface area contributed by atoms with Gasteiger partial charge in [-0.25, -0.2) is 12.8 Å². The second-order valence-electron chi connectivity index (χ2n) is 4.19. The highest BCUT2D eigenvalue weighted by Crippen LogP contribution is 2.25. The molecule has 0 saturated carbocycles. The van der Waals surface area contributed by atoms with Crippen LogP contribution in [-0.4, -0.2) is 8.42 Å². The summed E-state index contributed by atoms with van der Waals surface area (Å²) >= 11 is 11.4. The molecule has 0 saturated heterocycles. The highest BCUT2D eigenvalue weighted by molar-refractivity contribution is 7.90. The molecule has 2 rings (SSSR count). The quantitative estimate of drug-likeness (QED) is 0.871. The Bertz CT molecular complexity index is 763. The number of halogens is 3. The first-order valence-electron chi connectivity index (χ1n) is 5.51. The summed E-state index contributed by atoms with van der Waals surface area (Å²) in [6.45, 7) is 0. The molecule has 0 bridgehead atoms. The average molecular weight is 334 g/mol. The third-order valence-corrected chi connectivity index (χ3v) is 4.99. The third-order valence-electron chi connectivity index (χ3n) is 2.67. The van der Waals surface area contributed by atoms with Gasteiger partial charge < -0.3 is 5.73 Å². The highest BCUT2D eigenvalue weighted by Gasteiger charge is 2.17. The summed E-state index contributed by atoms with van der Waals surface area (Å²) in [5.74, 6) is -1.00. The Morgan fingerprint density at radius 3 is 2.35 bits per heavy atom. The van der Waals surface area contributed by atoms with Crippen LogP contribution < -0.4 is 5.73 Å². The van der Waals surface area contributed by atoms with E-state index in [-0.39, 0.29) is 20.7 Å². The summed E-state index contributed by atoms with van der Waals surface area (Å²) in [4.78, 5) is 0.0343. The maximum atomic E-state index is 13.3. The Morgan fingerprint density at radius 2 is 1.75 bits per heavy atom. The van der Waals surface area contributed by atoms with Gasteiger partial charge in [0, 0.05) is 0 Å². The van der Waals surface area contributed by atoms with Gasteiger partial charge in [0.25, 0.3) is 0 Å². The largest absolute Gasteiger partial charge is 0.398 e. The first-order chi connectivity index (χ1) is 9.29. The van der Waals surface area contributed by atoms with Crippen LogP contribution in [0.5, 0.6) is 0 Å². The lowest BCUT2D eigenvalue weighted by molar-refractivity contribution is 0.594. The molecule has 106 valence electrons. The van der Waals surface area contributed by atoms with Crippen molar-refractivity contribution in [3.8, 4) is 0 Å². The number of nitrogens with two attached hydrogens (primary N) is 1. The first-order valence-corrected chi connectivity index (χ1v) is 7.92. The number of anilines is 1. The Hall–Kier alpha value is -1.30. The van der Waals surface area contributed by atoms with Gasteiger partial charge in [-0.1, -0.05) is 29.3 Å². The molecule has 3 nitrogen and oxygen atoms in total. The van der Waals surface area contributed by atoms with Crippen molar-refractivity contribution in [2.45, 2.75) is 10.6 Å². The van der Waals surface area contributed by atoms with E-state index in [1.54, 1.807) is 0 Å². The molecule has 0 unspecified atom stereocenters. The predicted octanol–water partition coefficient (Wildman–Crippen LogP) is 3.69. The van der Waals surface area contributed by atoms with E-state index in [2.05, 4.69) is 0 Å². The zero-order valence-corrected chi connectivity index (χ0v) is 12.4. The molecule has 2 aromatic rings. The van der Waals surface area contributed by atoms with Crippen molar-refractivity contribution < 1.29 is 12.8 Å². The van der Waals surface area contributed by atoms with E-state index in [1.807, 2.05) is 0 Å². The van der Waals surface area contributed by atoms with E-state index in [4.69, 9.17) is 28.9 Å². The van der Waals surface area contributed by atoms with E-state index < -0.39 is 15.7 Å². The van der Waals surface area contributed by atoms with Crippen molar-refractivity contribution in [2.75, 3.05) is 5.73 Å². The van der Waals surface area contributed by atoms with Gasteiger partial charge in [-0.2, -0.15) is 0 Å². The maximum absolute atomic E-state index is 13.3. The van der Waals surface area contributed by atoms with E-state index in [9.17, 15) is 12.8 Å². The highest BCUT2D eigenvalue weighted by atomic mass is 35.5. The summed E-state index contributed by atoms with van der Waals surface area (Å²) < 4.78 is 37.7. The lowest BCUT2D eigenvalue weighted by Crippen LogP contribution is -2.05. The Morgan fingerprint density at radius 1 is 1.05 bits per heavy atom. The van der Waals surface area contributed by atoms with Gasteiger partial charge in [0.15, 0.2) is 9.84 Å². The Kier molecular flexibility index (Phi) is 4.22. The molecular formula is C13H10Cl2FNO2S. The van der Waals surface area contributed by atoms with E-state index in [1.165, 1.54) is 30.3 Å². The van der Waals surface area contributed by atoms with Crippen LogP contribution in [0.4, 0.5) is 10.1 Å². The second kappa shape index (κ2) is 5.60. The van der Waals surface area contributed by atoms with Gasteiger partial charge in [-0.3, -0.25) is 0 Å². The number of sulfone groups is 1. The van der Waals surface area contributed by atoms with Crippen molar-refractivity contribution in [3.63, 3.8) is 0 Å². The smallest absolute Gasteiger partial charge is 0.182 e. The van der Waals surface area contributed by atoms with E-state index in [0.717, 1.165) is 6.07 Å². The zero-order chi connectivity index (χ0) is 14.9. The molecule has 20 heavy (non-hydrogen) atoms. The SMILES string of the molecule is Nc1ccc(S(=O)(=O)Cc2ccc(Cl)c(F)c2)cc1Cl. The number of hydrogen-bond donors (Lipinski definition) is 1. The third kappa shape index (κ3) is 3.23. The summed E-state index contributed by atoms with van der Waals surface area (Å²) in [7, 11) is -3.63. The number of hydrogen-bond acceptors (Lipinski definition) is 3. The maximum Gasteiger partial charge on any atom is 0.182 e. The summed E-state index contributed by atoms with van der Waals surface area (Å²) in [5.41, 5.74) is 6.13. The lowest BCUT2D eigenvalue weighted by atomic mass is 10.2. The van der Waals surface area contributed by atoms with Crippen LogP contribution in [0.2, 0.25) is 10.0 Å². The monoisotopic (exact) mass is 333 g/mol. The van der Waals surface area contributed by atoms with E-state index in [0.29, 0.717) is 11.3 Å². The van der Waals surface area contributed by atoms with Crippen LogP contribution in [0.3, 0.4) is 0 Å². The van der Waals surface area contributed by atoms with Crippen LogP contribution in [-0.2, 0) is 15.6 Å². The zero-order valence-electron chi connectivity index (χ0n) is 10.1. The normalized spacial score (nSPS) is 11.6. The predicted molar refractivity (Wildman–Crippen MR) is 78.2 cm³/mol. The molecule has 0 aliphatic heterocycles. The fourth-order valence-electron chi connectivity index (χ4n) is 1.63. The van der Waals surface area contributed by atoms with Crippen LogP contribution >= 0.6 is 23.2 Å². The molecule has 0 aliphatic carbocycles. The Labute approximate surface area is 126 Å². The summed E-state index contributed by atoms with van der Waals surface area (Å²) in [5, 5.41) is 0.107. The second-order valence-corrected chi connectivity index (χ2v) is 6.99. The van der Waals surface area contributed by atoms with Crippen LogP contribution in [0.15, 0.2) is 41.3 Å². The van der Waals surface area contributed by atoms with E-state index >= 15 is 0 Å². The fraction of sp³-hybridized carbons (Fsp3) is 0.0769. The fourth-order valence-corrected chi connectivity index (χ4v) is 3.35. The Balaban J connectivity index is 2.35. The molecule has 0 atom stereocenters. The molecule has 0 heterocycles. The molecule has 0 fully saturated rings. The molecule has 0 spiro atoms. The van der Waals surface area contributed by atoms with Gasteiger partial charge in [0.1, 0.15) is 5.82 Å². The van der Waals surface area contributed by atoms with Crippen molar-refractivity contribution in [3.05, 3.63) is 57.8 Å². The molecular weight excluding hydrogens is 324 g/mol. The van der Waals surface area contributed by atoms with Crippen molar-refractivity contribution >= 4 is 38.7 Å². The minimum Gasteiger partial charge on any atom is -0.398 e. The van der Waals surface area contributed by atoms with Gasteiger partial charge in [-0.05, 0) is 35.9 Å². The number of benzene rings is 2. The molecule has 2 aromatic carbocycles. The van der Waals surface area contributed by atoms with Crippen LogP contribution in [0.25, 0.3) is 0 Å². The van der Waals surface area contributed by atoms with Gasteiger partial charge in [-0.15, -0.1) is 0 Å². The van der Waals surface area contributed by atoms with Crippen LogP contribution in [0, 0.1) is 5.82 Å². The molecule has 0 radical (unpaired) electrons. The topological polar surface area (TPSA) is 60.2 Å². The molecule has 2 N–H and O–H groups in total. The average Bonchev–Trinajstić information content (AvgIpc) is 2.37. The van der Waals surface area contributed by atoms with Crippen molar-refractivity contribution in [1.29, 1.82) is 0 Å².